The molecule has 30 heavy (non-hydrogen) atoms. The van der Waals surface area contributed by atoms with E-state index in [1.54, 1.807) is 31.2 Å². The third-order valence-electron chi connectivity index (χ3n) is 4.50. The van der Waals surface area contributed by atoms with Gasteiger partial charge in [0, 0.05) is 36.4 Å². The zero-order chi connectivity index (χ0) is 21.9. The van der Waals surface area contributed by atoms with E-state index in [9.17, 15) is 14.4 Å². The Labute approximate surface area is 177 Å². The highest BCUT2D eigenvalue weighted by molar-refractivity contribution is 5.96. The number of carbonyl (C=O) groups is 3. The summed E-state index contributed by atoms with van der Waals surface area (Å²) >= 11 is 0. The van der Waals surface area contributed by atoms with Gasteiger partial charge in [-0.05, 0) is 62.4 Å². The van der Waals surface area contributed by atoms with Crippen LogP contribution in [0.5, 0.6) is 5.75 Å². The van der Waals surface area contributed by atoms with E-state index < -0.39 is 18.5 Å². The summed E-state index contributed by atoms with van der Waals surface area (Å²) in [6.07, 6.45) is 0.425. The predicted octanol–water partition coefficient (Wildman–Crippen LogP) is 3.69. The second-order valence-electron chi connectivity index (χ2n) is 6.52. The number of hydrogen-bond acceptors (Lipinski definition) is 6. The van der Waals surface area contributed by atoms with Gasteiger partial charge in [-0.15, -0.1) is 0 Å². The van der Waals surface area contributed by atoms with Crippen molar-refractivity contribution in [2.45, 2.75) is 27.2 Å². The molecule has 0 aliphatic rings. The molecular formula is C23H28N2O5. The molecule has 0 atom stereocenters. The summed E-state index contributed by atoms with van der Waals surface area (Å²) in [7, 11) is 0. The van der Waals surface area contributed by atoms with Gasteiger partial charge in [-0.1, -0.05) is 6.92 Å². The van der Waals surface area contributed by atoms with Gasteiger partial charge in [0.2, 0.25) is 0 Å². The number of anilines is 2. The molecule has 1 amide bonds. The molecule has 0 spiro atoms. The van der Waals surface area contributed by atoms with E-state index in [1.165, 1.54) is 0 Å². The van der Waals surface area contributed by atoms with Crippen LogP contribution in [0.15, 0.2) is 48.5 Å². The Kier molecular flexibility index (Phi) is 8.87. The molecule has 0 saturated heterocycles. The van der Waals surface area contributed by atoms with E-state index in [2.05, 4.69) is 24.1 Å². The molecule has 0 aromatic heterocycles. The maximum atomic E-state index is 12.0. The summed E-state index contributed by atoms with van der Waals surface area (Å²) in [4.78, 5) is 37.6. The summed E-state index contributed by atoms with van der Waals surface area (Å²) in [5, 5.41) is 2.69. The molecule has 160 valence electrons. The predicted molar refractivity (Wildman–Crippen MR) is 116 cm³/mol. The number of carbonyl (C=O) groups excluding carboxylic acids is 3. The van der Waals surface area contributed by atoms with Gasteiger partial charge < -0.3 is 19.7 Å². The second-order valence-corrected chi connectivity index (χ2v) is 6.52. The molecule has 2 rings (SSSR count). The summed E-state index contributed by atoms with van der Waals surface area (Å²) in [6, 6.07) is 14.0. The first-order valence-electron chi connectivity index (χ1n) is 10.0. The van der Waals surface area contributed by atoms with Gasteiger partial charge in [-0.25, -0.2) is 4.79 Å². The Bertz CT molecular complexity index is 843. The first-order valence-corrected chi connectivity index (χ1v) is 10.0. The van der Waals surface area contributed by atoms with E-state index in [-0.39, 0.29) is 12.4 Å². The topological polar surface area (TPSA) is 84.9 Å². The summed E-state index contributed by atoms with van der Waals surface area (Å²) in [5.74, 6) is -0.607. The number of hydrogen-bond donors (Lipinski definition) is 1. The van der Waals surface area contributed by atoms with Crippen molar-refractivity contribution in [2.24, 2.45) is 0 Å². The highest BCUT2D eigenvalue weighted by Crippen LogP contribution is 2.17. The number of ether oxygens (including phenoxy) is 2. The van der Waals surface area contributed by atoms with Crippen molar-refractivity contribution < 1.29 is 23.9 Å². The van der Waals surface area contributed by atoms with E-state index in [4.69, 9.17) is 9.47 Å². The molecule has 0 bridgehead atoms. The van der Waals surface area contributed by atoms with Crippen LogP contribution in [-0.4, -0.2) is 44.0 Å². The lowest BCUT2D eigenvalue weighted by molar-refractivity contribution is -0.149. The average molecular weight is 412 g/mol. The molecule has 0 aliphatic heterocycles. The number of esters is 1. The van der Waals surface area contributed by atoms with Gasteiger partial charge >= 0.3 is 5.97 Å². The van der Waals surface area contributed by atoms with E-state index >= 15 is 0 Å². The van der Waals surface area contributed by atoms with Crippen LogP contribution in [-0.2, 0) is 14.3 Å². The Morgan fingerprint density at radius 3 is 2.07 bits per heavy atom. The van der Waals surface area contributed by atoms with Crippen molar-refractivity contribution in [2.75, 3.05) is 36.5 Å². The van der Waals surface area contributed by atoms with Crippen LogP contribution >= 0.6 is 0 Å². The molecule has 0 aliphatic carbocycles. The Hall–Kier alpha value is -3.35. The smallest absolute Gasteiger partial charge is 0.344 e. The minimum atomic E-state index is -0.657. The average Bonchev–Trinajstić information content (AvgIpc) is 2.78. The number of ketones is 1. The van der Waals surface area contributed by atoms with Gasteiger partial charge in [-0.2, -0.15) is 0 Å². The summed E-state index contributed by atoms with van der Waals surface area (Å²) in [5.41, 5.74) is 2.30. The maximum absolute atomic E-state index is 12.0. The molecule has 0 fully saturated rings. The van der Waals surface area contributed by atoms with Crippen LogP contribution in [0.1, 0.15) is 37.6 Å². The minimum absolute atomic E-state index is 0.0367. The van der Waals surface area contributed by atoms with Crippen LogP contribution in [0, 0.1) is 0 Å². The van der Waals surface area contributed by atoms with Gasteiger partial charge in [0.15, 0.2) is 19.0 Å². The normalized spacial score (nSPS) is 10.2. The first-order chi connectivity index (χ1) is 14.5. The van der Waals surface area contributed by atoms with Crippen LogP contribution in [0.25, 0.3) is 0 Å². The Balaban J connectivity index is 1.74. The number of Topliss-reactive ketones (excluding diaryl/α,β-unsaturated/α-hetero) is 1. The largest absolute Gasteiger partial charge is 0.482 e. The summed E-state index contributed by atoms with van der Waals surface area (Å²) < 4.78 is 10.3. The lowest BCUT2D eigenvalue weighted by atomic mass is 10.1. The Morgan fingerprint density at radius 1 is 0.867 bits per heavy atom. The molecular weight excluding hydrogens is 384 g/mol. The molecule has 1 N–H and O–H groups in total. The lowest BCUT2D eigenvalue weighted by Gasteiger charge is -2.21. The van der Waals surface area contributed by atoms with E-state index in [0.29, 0.717) is 23.4 Å². The number of nitrogens with one attached hydrogen (secondary N) is 1. The van der Waals surface area contributed by atoms with Gasteiger partial charge in [-0.3, -0.25) is 9.59 Å². The zero-order valence-corrected chi connectivity index (χ0v) is 17.6. The monoisotopic (exact) mass is 412 g/mol. The highest BCUT2D eigenvalue weighted by Gasteiger charge is 2.10. The van der Waals surface area contributed by atoms with Crippen molar-refractivity contribution >= 4 is 29.0 Å². The van der Waals surface area contributed by atoms with Gasteiger partial charge in [0.1, 0.15) is 5.75 Å². The van der Waals surface area contributed by atoms with Crippen LogP contribution in [0.3, 0.4) is 0 Å². The van der Waals surface area contributed by atoms with Crippen molar-refractivity contribution in [3.8, 4) is 5.75 Å². The molecule has 0 radical (unpaired) electrons. The number of amides is 1. The van der Waals surface area contributed by atoms with Crippen LogP contribution < -0.4 is 15.0 Å². The molecule has 0 saturated carbocycles. The van der Waals surface area contributed by atoms with Crippen LogP contribution in [0.2, 0.25) is 0 Å². The quantitative estimate of drug-likeness (QED) is 0.448. The number of rotatable bonds is 11. The van der Waals surface area contributed by atoms with Crippen molar-refractivity contribution in [3.05, 3.63) is 54.1 Å². The van der Waals surface area contributed by atoms with Crippen molar-refractivity contribution in [3.63, 3.8) is 0 Å². The van der Waals surface area contributed by atoms with Gasteiger partial charge in [0.05, 0.1) is 0 Å². The highest BCUT2D eigenvalue weighted by atomic mass is 16.6. The zero-order valence-electron chi connectivity index (χ0n) is 17.6. The number of benzene rings is 2. The molecule has 2 aromatic carbocycles. The van der Waals surface area contributed by atoms with E-state index in [1.807, 2.05) is 24.3 Å². The fourth-order valence-corrected chi connectivity index (χ4v) is 2.81. The lowest BCUT2D eigenvalue weighted by Crippen LogP contribution is -2.24. The third kappa shape index (κ3) is 6.92. The van der Waals surface area contributed by atoms with Crippen LogP contribution in [0.4, 0.5) is 11.4 Å². The maximum Gasteiger partial charge on any atom is 0.344 e. The summed E-state index contributed by atoms with van der Waals surface area (Å²) in [6.45, 7) is 7.04. The molecule has 0 heterocycles. The first kappa shape index (κ1) is 22.9. The standard InChI is InChI=1S/C23H28N2O5/c1-4-21(26)17-7-13-20(14-8-17)29-16-23(28)30-15-22(27)24-18-9-11-19(12-10-18)25(5-2)6-3/h7-14H,4-6,15-16H2,1-3H3,(H,24,27). The van der Waals surface area contributed by atoms with Crippen molar-refractivity contribution in [1.29, 1.82) is 0 Å². The fourth-order valence-electron chi connectivity index (χ4n) is 2.81. The second kappa shape index (κ2) is 11.6. The molecule has 2 aromatic rings. The molecule has 7 nitrogen and oxygen atoms in total. The van der Waals surface area contributed by atoms with E-state index in [0.717, 1.165) is 18.8 Å². The fraction of sp³-hybridized carbons (Fsp3) is 0.348. The van der Waals surface area contributed by atoms with Crippen molar-refractivity contribution in [1.82, 2.24) is 0 Å². The van der Waals surface area contributed by atoms with Gasteiger partial charge in [0.25, 0.3) is 5.91 Å². The minimum Gasteiger partial charge on any atom is -0.482 e. The molecule has 0 unspecified atom stereocenters. The number of nitrogens with zero attached hydrogens (tertiary/aromatic N) is 1. The third-order valence-corrected chi connectivity index (χ3v) is 4.50. The molecule has 7 heteroatoms. The Morgan fingerprint density at radius 2 is 1.50 bits per heavy atom. The SMILES string of the molecule is CCC(=O)c1ccc(OCC(=O)OCC(=O)Nc2ccc(N(CC)CC)cc2)cc1.